The molecule has 4 aliphatic carbocycles. The Labute approximate surface area is 122 Å². The second-order valence-electron chi connectivity index (χ2n) is 6.85. The normalized spacial score (nSPS) is 37.4. The van der Waals surface area contributed by atoms with Gasteiger partial charge in [-0.05, 0) is 55.8 Å². The highest BCUT2D eigenvalue weighted by Crippen LogP contribution is 2.54. The molecule has 6 heteroatoms. The maximum atomic E-state index is 12.6. The lowest BCUT2D eigenvalue weighted by atomic mass is 9.55. The van der Waals surface area contributed by atoms with Crippen molar-refractivity contribution in [3.8, 4) is 0 Å². The summed E-state index contributed by atoms with van der Waals surface area (Å²) in [5.74, 6) is -3.67. The number of halogens is 2. The second kappa shape index (κ2) is 5.21. The summed E-state index contributed by atoms with van der Waals surface area (Å²) in [5.41, 5.74) is 0. The first kappa shape index (κ1) is 14.7. The third kappa shape index (κ3) is 3.04. The van der Waals surface area contributed by atoms with Crippen molar-refractivity contribution in [2.24, 2.45) is 23.7 Å². The van der Waals surface area contributed by atoms with Crippen molar-refractivity contribution >= 4 is 11.9 Å². The molecule has 0 aliphatic heterocycles. The lowest BCUT2D eigenvalue weighted by Crippen LogP contribution is -2.50. The summed E-state index contributed by atoms with van der Waals surface area (Å²) in [6.07, 6.45) is 5.56. The van der Waals surface area contributed by atoms with E-state index < -0.39 is 24.5 Å². The predicted molar refractivity (Wildman–Crippen MR) is 68.5 cm³/mol. The molecule has 0 amide bonds. The zero-order valence-electron chi connectivity index (χ0n) is 12.0. The average molecular weight is 302 g/mol. The fourth-order valence-corrected chi connectivity index (χ4v) is 4.50. The van der Waals surface area contributed by atoms with E-state index in [1.54, 1.807) is 0 Å². The van der Waals surface area contributed by atoms with Crippen LogP contribution in [0.15, 0.2) is 0 Å². The smallest absolute Gasteiger partial charge is 0.377 e. The van der Waals surface area contributed by atoms with Crippen molar-refractivity contribution in [2.75, 3.05) is 6.61 Å². The van der Waals surface area contributed by atoms with Gasteiger partial charge in [0, 0.05) is 6.92 Å². The molecular formula is C15H20F2O4. The summed E-state index contributed by atoms with van der Waals surface area (Å²) < 4.78 is 35.0. The average Bonchev–Trinajstić information content (AvgIpc) is 2.38. The van der Waals surface area contributed by atoms with Crippen molar-refractivity contribution in [1.82, 2.24) is 0 Å². The number of carbonyl (C=O) groups is 2. The monoisotopic (exact) mass is 302 g/mol. The Balaban J connectivity index is 1.50. The van der Waals surface area contributed by atoms with Gasteiger partial charge in [0.2, 0.25) is 0 Å². The van der Waals surface area contributed by atoms with Crippen LogP contribution in [0.5, 0.6) is 0 Å². The Morgan fingerprint density at radius 1 is 1.05 bits per heavy atom. The summed E-state index contributed by atoms with van der Waals surface area (Å²) in [4.78, 5) is 22.6. The SMILES string of the molecule is CC(F)(F)C(=O)OCC(=O)OC1C2CC3CC(C2)CC1C3. The molecule has 0 aromatic carbocycles. The summed E-state index contributed by atoms with van der Waals surface area (Å²) in [6, 6.07) is 0. The number of ether oxygens (including phenoxy) is 2. The van der Waals surface area contributed by atoms with E-state index in [0.29, 0.717) is 18.8 Å². The van der Waals surface area contributed by atoms with Crippen molar-refractivity contribution in [2.45, 2.75) is 51.1 Å². The van der Waals surface area contributed by atoms with Crippen LogP contribution in [0, 0.1) is 23.7 Å². The maximum absolute atomic E-state index is 12.6. The lowest BCUT2D eigenvalue weighted by Gasteiger charge is -2.53. The highest BCUT2D eigenvalue weighted by molar-refractivity contribution is 5.80. The molecule has 0 atom stereocenters. The number of rotatable bonds is 4. The van der Waals surface area contributed by atoms with E-state index in [9.17, 15) is 18.4 Å². The molecule has 0 heterocycles. The molecule has 4 bridgehead atoms. The molecule has 21 heavy (non-hydrogen) atoms. The minimum absolute atomic E-state index is 0.119. The van der Waals surface area contributed by atoms with Crippen LogP contribution < -0.4 is 0 Å². The molecule has 4 nitrogen and oxygen atoms in total. The standard InChI is InChI=1S/C15H20F2O4/c1-15(16,17)14(19)20-7-12(18)21-13-10-3-8-2-9(5-10)6-11(13)4-8/h8-11,13H,2-7H2,1H3. The number of carbonyl (C=O) groups excluding carboxylic acids is 2. The Hall–Kier alpha value is -1.20. The highest BCUT2D eigenvalue weighted by Gasteiger charge is 2.50. The fraction of sp³-hybridized carbons (Fsp3) is 0.867. The number of esters is 2. The third-order valence-corrected chi connectivity index (χ3v) is 5.09. The van der Waals surface area contributed by atoms with Crippen LogP contribution in [-0.2, 0) is 19.1 Å². The van der Waals surface area contributed by atoms with Crippen LogP contribution in [0.2, 0.25) is 0 Å². The van der Waals surface area contributed by atoms with E-state index >= 15 is 0 Å². The summed E-state index contributed by atoms with van der Waals surface area (Å²) in [5, 5.41) is 0. The summed E-state index contributed by atoms with van der Waals surface area (Å²) >= 11 is 0. The number of hydrogen-bond acceptors (Lipinski definition) is 4. The Morgan fingerprint density at radius 2 is 1.57 bits per heavy atom. The van der Waals surface area contributed by atoms with E-state index in [-0.39, 0.29) is 6.10 Å². The molecule has 4 saturated carbocycles. The van der Waals surface area contributed by atoms with Gasteiger partial charge < -0.3 is 9.47 Å². The van der Waals surface area contributed by atoms with Gasteiger partial charge in [-0.15, -0.1) is 0 Å². The van der Waals surface area contributed by atoms with Crippen molar-refractivity contribution in [3.63, 3.8) is 0 Å². The molecule has 4 fully saturated rings. The van der Waals surface area contributed by atoms with Gasteiger partial charge in [-0.3, -0.25) is 0 Å². The fourth-order valence-electron chi connectivity index (χ4n) is 4.50. The van der Waals surface area contributed by atoms with Gasteiger partial charge in [0.15, 0.2) is 6.61 Å². The van der Waals surface area contributed by atoms with Crippen molar-refractivity contribution < 1.29 is 27.8 Å². The largest absolute Gasteiger partial charge is 0.459 e. The van der Waals surface area contributed by atoms with Crippen molar-refractivity contribution in [1.29, 1.82) is 0 Å². The number of alkyl halides is 2. The molecule has 118 valence electrons. The molecule has 0 radical (unpaired) electrons. The minimum atomic E-state index is -3.58. The van der Waals surface area contributed by atoms with E-state index in [1.165, 1.54) is 6.42 Å². The van der Waals surface area contributed by atoms with E-state index in [1.807, 2.05) is 0 Å². The molecule has 0 aromatic rings. The molecule has 0 saturated heterocycles. The van der Waals surface area contributed by atoms with Crippen LogP contribution >= 0.6 is 0 Å². The molecule has 0 spiro atoms. The summed E-state index contributed by atoms with van der Waals surface area (Å²) in [7, 11) is 0. The van der Waals surface area contributed by atoms with E-state index in [4.69, 9.17) is 4.74 Å². The molecule has 4 aliphatic rings. The van der Waals surface area contributed by atoms with Gasteiger partial charge in [0.05, 0.1) is 0 Å². The van der Waals surface area contributed by atoms with E-state index in [2.05, 4.69) is 4.74 Å². The predicted octanol–water partition coefficient (Wildman–Crippen LogP) is 2.55. The Kier molecular flexibility index (Phi) is 3.66. The van der Waals surface area contributed by atoms with E-state index in [0.717, 1.165) is 37.5 Å². The molecule has 4 rings (SSSR count). The lowest BCUT2D eigenvalue weighted by molar-refractivity contribution is -0.185. The van der Waals surface area contributed by atoms with Gasteiger partial charge in [-0.1, -0.05) is 0 Å². The Morgan fingerprint density at radius 3 is 2.05 bits per heavy atom. The molecular weight excluding hydrogens is 282 g/mol. The zero-order valence-corrected chi connectivity index (χ0v) is 12.0. The van der Waals surface area contributed by atoms with Gasteiger partial charge in [0.25, 0.3) is 0 Å². The van der Waals surface area contributed by atoms with Crippen LogP contribution in [0.25, 0.3) is 0 Å². The van der Waals surface area contributed by atoms with Gasteiger partial charge in [-0.25, -0.2) is 9.59 Å². The third-order valence-electron chi connectivity index (χ3n) is 5.09. The number of hydrogen-bond donors (Lipinski definition) is 0. The quantitative estimate of drug-likeness (QED) is 0.749. The molecule has 0 aromatic heterocycles. The first-order valence-corrected chi connectivity index (χ1v) is 7.57. The van der Waals surface area contributed by atoms with Crippen LogP contribution in [-0.4, -0.2) is 30.6 Å². The van der Waals surface area contributed by atoms with Gasteiger partial charge >= 0.3 is 17.9 Å². The van der Waals surface area contributed by atoms with Gasteiger partial charge in [-0.2, -0.15) is 8.78 Å². The Bertz CT molecular complexity index is 415. The second-order valence-corrected chi connectivity index (χ2v) is 6.85. The first-order chi connectivity index (χ1) is 9.83. The first-order valence-electron chi connectivity index (χ1n) is 7.57. The van der Waals surface area contributed by atoms with Gasteiger partial charge in [0.1, 0.15) is 6.10 Å². The van der Waals surface area contributed by atoms with Crippen molar-refractivity contribution in [3.05, 3.63) is 0 Å². The molecule has 0 N–H and O–H groups in total. The highest BCUT2D eigenvalue weighted by atomic mass is 19.3. The topological polar surface area (TPSA) is 52.6 Å². The van der Waals surface area contributed by atoms with Crippen LogP contribution in [0.4, 0.5) is 8.78 Å². The zero-order chi connectivity index (χ0) is 15.2. The molecule has 0 unspecified atom stereocenters. The van der Waals surface area contributed by atoms with Crippen LogP contribution in [0.1, 0.15) is 39.0 Å². The maximum Gasteiger partial charge on any atom is 0.377 e. The summed E-state index contributed by atoms with van der Waals surface area (Å²) in [6.45, 7) is -0.288. The minimum Gasteiger partial charge on any atom is -0.459 e. The van der Waals surface area contributed by atoms with Crippen LogP contribution in [0.3, 0.4) is 0 Å².